The number of hydrogen-bond donors (Lipinski definition) is 2. The Morgan fingerprint density at radius 2 is 1.90 bits per heavy atom. The number of ether oxygens (including phenoxy) is 2. The summed E-state index contributed by atoms with van der Waals surface area (Å²) in [6.45, 7) is 2.10. The van der Waals surface area contributed by atoms with Crippen molar-refractivity contribution < 1.29 is 14.3 Å². The molecule has 0 unspecified atom stereocenters. The van der Waals surface area contributed by atoms with Crippen LogP contribution >= 0.6 is 0 Å². The molecular formula is C16H18N2O3. The molecule has 0 spiro atoms. The van der Waals surface area contributed by atoms with E-state index >= 15 is 0 Å². The molecule has 0 aliphatic rings. The number of carbonyl (C=O) groups is 1. The minimum absolute atomic E-state index is 0.338. The predicted octanol–water partition coefficient (Wildman–Crippen LogP) is 3.20. The summed E-state index contributed by atoms with van der Waals surface area (Å²) in [5.41, 5.74) is 8.50. The van der Waals surface area contributed by atoms with E-state index in [0.29, 0.717) is 17.9 Å². The average molecular weight is 286 g/mol. The Kier molecular flexibility index (Phi) is 4.66. The Bertz CT molecular complexity index is 624. The van der Waals surface area contributed by atoms with Crippen LogP contribution in [0.2, 0.25) is 0 Å². The van der Waals surface area contributed by atoms with E-state index in [1.807, 2.05) is 24.3 Å². The van der Waals surface area contributed by atoms with Crippen molar-refractivity contribution in [3.63, 3.8) is 0 Å². The van der Waals surface area contributed by atoms with Crippen LogP contribution in [0.3, 0.4) is 0 Å². The van der Waals surface area contributed by atoms with Crippen LogP contribution in [0.1, 0.15) is 17.3 Å². The molecule has 21 heavy (non-hydrogen) atoms. The summed E-state index contributed by atoms with van der Waals surface area (Å²) in [5, 5.41) is 3.19. The quantitative estimate of drug-likeness (QED) is 0.652. The van der Waals surface area contributed by atoms with Crippen molar-refractivity contribution in [3.8, 4) is 5.75 Å². The zero-order chi connectivity index (χ0) is 15.2. The fraction of sp³-hybridized carbons (Fsp3) is 0.188. The van der Waals surface area contributed by atoms with Gasteiger partial charge in [0.05, 0.1) is 30.7 Å². The minimum Gasteiger partial charge on any atom is -0.497 e. The summed E-state index contributed by atoms with van der Waals surface area (Å²) < 4.78 is 10.0. The lowest BCUT2D eigenvalue weighted by molar-refractivity contribution is 0.0526. The van der Waals surface area contributed by atoms with Crippen LogP contribution in [0, 0.1) is 0 Å². The van der Waals surface area contributed by atoms with E-state index in [0.717, 1.165) is 17.1 Å². The van der Waals surface area contributed by atoms with Gasteiger partial charge in [-0.25, -0.2) is 4.79 Å². The zero-order valence-electron chi connectivity index (χ0n) is 12.1. The maximum atomic E-state index is 11.6. The van der Waals surface area contributed by atoms with E-state index in [2.05, 4.69) is 5.32 Å². The Hall–Kier alpha value is -2.69. The minimum atomic E-state index is -0.375. The van der Waals surface area contributed by atoms with E-state index in [1.165, 1.54) is 0 Å². The van der Waals surface area contributed by atoms with Crippen molar-refractivity contribution in [1.29, 1.82) is 0 Å². The third-order valence-electron chi connectivity index (χ3n) is 2.93. The second-order valence-electron chi connectivity index (χ2n) is 4.38. The highest BCUT2D eigenvalue weighted by atomic mass is 16.5. The second kappa shape index (κ2) is 6.65. The molecule has 0 fully saturated rings. The molecular weight excluding hydrogens is 268 g/mol. The van der Waals surface area contributed by atoms with Gasteiger partial charge in [-0.2, -0.15) is 0 Å². The first kappa shape index (κ1) is 14.7. The molecule has 110 valence electrons. The van der Waals surface area contributed by atoms with E-state index < -0.39 is 0 Å². The summed E-state index contributed by atoms with van der Waals surface area (Å²) in [4.78, 5) is 11.6. The molecule has 0 amide bonds. The number of nitrogens with one attached hydrogen (secondary N) is 1. The van der Waals surface area contributed by atoms with Crippen LogP contribution in [0.25, 0.3) is 0 Å². The highest BCUT2D eigenvalue weighted by Gasteiger charge is 2.09. The van der Waals surface area contributed by atoms with Gasteiger partial charge in [0, 0.05) is 5.69 Å². The molecule has 0 aliphatic heterocycles. The summed E-state index contributed by atoms with van der Waals surface area (Å²) in [5.74, 6) is 0.409. The van der Waals surface area contributed by atoms with Crippen molar-refractivity contribution in [2.75, 3.05) is 24.8 Å². The van der Waals surface area contributed by atoms with Gasteiger partial charge in [-0.05, 0) is 49.4 Å². The molecule has 5 heteroatoms. The molecule has 0 saturated carbocycles. The van der Waals surface area contributed by atoms with Gasteiger partial charge >= 0.3 is 5.97 Å². The summed E-state index contributed by atoms with van der Waals surface area (Å²) in [6, 6.07) is 12.5. The fourth-order valence-electron chi connectivity index (χ4n) is 1.85. The molecule has 0 bridgehead atoms. The van der Waals surface area contributed by atoms with Gasteiger partial charge in [0.25, 0.3) is 0 Å². The van der Waals surface area contributed by atoms with Crippen molar-refractivity contribution in [3.05, 3.63) is 48.0 Å². The van der Waals surface area contributed by atoms with Gasteiger partial charge in [0.15, 0.2) is 0 Å². The van der Waals surface area contributed by atoms with Crippen LogP contribution < -0.4 is 15.8 Å². The number of anilines is 3. The molecule has 2 aromatic rings. The number of nitrogens with two attached hydrogens (primary N) is 1. The third-order valence-corrected chi connectivity index (χ3v) is 2.93. The second-order valence-corrected chi connectivity index (χ2v) is 4.38. The van der Waals surface area contributed by atoms with E-state index in [9.17, 15) is 4.79 Å². The topological polar surface area (TPSA) is 73.6 Å². The smallest absolute Gasteiger partial charge is 0.338 e. The first-order chi connectivity index (χ1) is 10.1. The molecule has 0 atom stereocenters. The first-order valence-electron chi connectivity index (χ1n) is 6.61. The Labute approximate surface area is 123 Å². The van der Waals surface area contributed by atoms with Crippen molar-refractivity contribution in [2.24, 2.45) is 0 Å². The molecule has 3 N–H and O–H groups in total. The highest BCUT2D eigenvalue weighted by Crippen LogP contribution is 2.25. The van der Waals surface area contributed by atoms with Crippen LogP contribution in [-0.4, -0.2) is 19.7 Å². The molecule has 2 aromatic carbocycles. The Balaban J connectivity index is 2.15. The van der Waals surface area contributed by atoms with Gasteiger partial charge in [-0.15, -0.1) is 0 Å². The first-order valence-corrected chi connectivity index (χ1v) is 6.61. The standard InChI is InChI=1S/C16H18N2O3/c1-3-21-16(19)11-4-9-15(14(17)10-11)18-12-5-7-13(20-2)8-6-12/h4-10,18H,3,17H2,1-2H3. The number of benzene rings is 2. The third kappa shape index (κ3) is 3.66. The number of carbonyl (C=O) groups excluding carboxylic acids is 1. The maximum Gasteiger partial charge on any atom is 0.338 e. The number of methoxy groups -OCH3 is 1. The lowest BCUT2D eigenvalue weighted by Crippen LogP contribution is -2.06. The van der Waals surface area contributed by atoms with Crippen LogP contribution in [0.15, 0.2) is 42.5 Å². The van der Waals surface area contributed by atoms with Gasteiger partial charge in [-0.1, -0.05) is 0 Å². The summed E-state index contributed by atoms with van der Waals surface area (Å²) in [7, 11) is 1.62. The monoisotopic (exact) mass is 286 g/mol. The predicted molar refractivity (Wildman–Crippen MR) is 83.1 cm³/mol. The zero-order valence-corrected chi connectivity index (χ0v) is 12.1. The average Bonchev–Trinajstić information content (AvgIpc) is 2.50. The summed E-state index contributed by atoms with van der Waals surface area (Å²) >= 11 is 0. The normalized spacial score (nSPS) is 10.0. The highest BCUT2D eigenvalue weighted by molar-refractivity contribution is 5.92. The lowest BCUT2D eigenvalue weighted by atomic mass is 10.1. The Morgan fingerprint density at radius 3 is 2.48 bits per heavy atom. The number of esters is 1. The van der Waals surface area contributed by atoms with Gasteiger partial charge in [0.1, 0.15) is 5.75 Å². The van der Waals surface area contributed by atoms with E-state index in [4.69, 9.17) is 15.2 Å². The fourth-order valence-corrected chi connectivity index (χ4v) is 1.85. The van der Waals surface area contributed by atoms with E-state index in [-0.39, 0.29) is 5.97 Å². The maximum absolute atomic E-state index is 11.6. The Morgan fingerprint density at radius 1 is 1.19 bits per heavy atom. The molecule has 0 aromatic heterocycles. The van der Waals surface area contributed by atoms with Gasteiger partial charge in [0.2, 0.25) is 0 Å². The number of hydrogen-bond acceptors (Lipinski definition) is 5. The number of rotatable bonds is 5. The SMILES string of the molecule is CCOC(=O)c1ccc(Nc2ccc(OC)cc2)c(N)c1. The van der Waals surface area contributed by atoms with Gasteiger partial charge < -0.3 is 20.5 Å². The van der Waals surface area contributed by atoms with Crippen LogP contribution in [-0.2, 0) is 4.74 Å². The summed E-state index contributed by atoms with van der Waals surface area (Å²) in [6.07, 6.45) is 0. The molecule has 5 nitrogen and oxygen atoms in total. The van der Waals surface area contributed by atoms with Crippen molar-refractivity contribution in [2.45, 2.75) is 6.92 Å². The molecule has 0 aliphatic carbocycles. The molecule has 0 radical (unpaired) electrons. The van der Waals surface area contributed by atoms with Crippen molar-refractivity contribution >= 4 is 23.0 Å². The largest absolute Gasteiger partial charge is 0.497 e. The van der Waals surface area contributed by atoms with Crippen LogP contribution in [0.5, 0.6) is 5.75 Å². The van der Waals surface area contributed by atoms with E-state index in [1.54, 1.807) is 32.2 Å². The lowest BCUT2D eigenvalue weighted by Gasteiger charge is -2.11. The number of nitrogen functional groups attached to an aromatic ring is 1. The van der Waals surface area contributed by atoms with Crippen LogP contribution in [0.4, 0.5) is 17.1 Å². The molecule has 0 heterocycles. The van der Waals surface area contributed by atoms with Crippen molar-refractivity contribution in [1.82, 2.24) is 0 Å². The molecule has 2 rings (SSSR count). The molecule has 0 saturated heterocycles. The van der Waals surface area contributed by atoms with Gasteiger partial charge in [-0.3, -0.25) is 0 Å².